The first kappa shape index (κ1) is 42.3. The van der Waals surface area contributed by atoms with Crippen LogP contribution in [0.15, 0.2) is 85.1 Å². The van der Waals surface area contributed by atoms with Crippen LogP contribution in [-0.2, 0) is 48.0 Å². The molecule has 0 radical (unpaired) electrons. The van der Waals surface area contributed by atoms with Crippen molar-refractivity contribution in [2.45, 2.75) is 62.4 Å². The van der Waals surface area contributed by atoms with E-state index in [4.69, 9.17) is 15.6 Å². The predicted octanol–water partition coefficient (Wildman–Crippen LogP) is 2.02. The van der Waals surface area contributed by atoms with Gasteiger partial charge in [-0.1, -0.05) is 60.7 Å². The molecule has 1 aromatic heterocycles. The highest BCUT2D eigenvalue weighted by atomic mass is 19.4. The molecule has 0 unspecified atom stereocenters. The second-order valence-electron chi connectivity index (χ2n) is 12.9. The third-order valence-electron chi connectivity index (χ3n) is 8.91. The summed E-state index contributed by atoms with van der Waals surface area (Å²) in [6, 6.07) is 18.2. The molecule has 4 atom stereocenters. The molecule has 298 valence electrons. The highest BCUT2D eigenvalue weighted by Gasteiger charge is 2.40. The number of nitrogens with one attached hydrogen (secondary N) is 4. The van der Waals surface area contributed by atoms with Gasteiger partial charge in [-0.15, -0.1) is 0 Å². The first-order valence-corrected chi connectivity index (χ1v) is 17.4. The fourth-order valence-corrected chi connectivity index (χ4v) is 6.14. The lowest BCUT2D eigenvalue weighted by atomic mass is 10.0. The van der Waals surface area contributed by atoms with Gasteiger partial charge in [0.15, 0.2) is 0 Å². The Morgan fingerprint density at radius 2 is 1.41 bits per heavy atom. The Morgan fingerprint density at radius 1 is 0.804 bits per heavy atom. The Morgan fingerprint density at radius 3 is 2.04 bits per heavy atom. The number of halogens is 3. The molecule has 18 heteroatoms. The number of carbonyl (C=O) groups excluding carboxylic acids is 4. The molecule has 0 bridgehead atoms. The fourth-order valence-electron chi connectivity index (χ4n) is 6.14. The van der Waals surface area contributed by atoms with Gasteiger partial charge < -0.3 is 46.9 Å². The van der Waals surface area contributed by atoms with Crippen molar-refractivity contribution in [1.82, 2.24) is 25.8 Å². The molecule has 1 saturated heterocycles. The molecule has 3 aromatic carbocycles. The largest absolute Gasteiger partial charge is 0.508 e. The number of aromatic amines is 1. The van der Waals surface area contributed by atoms with E-state index in [1.54, 1.807) is 42.6 Å². The summed E-state index contributed by atoms with van der Waals surface area (Å²) >= 11 is 0. The van der Waals surface area contributed by atoms with Gasteiger partial charge in [-0.3, -0.25) is 19.2 Å². The number of carboxylic acids is 2. The van der Waals surface area contributed by atoms with Crippen molar-refractivity contribution in [2.24, 2.45) is 5.73 Å². The van der Waals surface area contributed by atoms with Crippen molar-refractivity contribution in [2.75, 3.05) is 13.1 Å². The monoisotopic (exact) mass is 782 g/mol. The van der Waals surface area contributed by atoms with Gasteiger partial charge in [0.25, 0.3) is 0 Å². The average Bonchev–Trinajstić information content (AvgIpc) is 3.83. The molecule has 4 amide bonds. The van der Waals surface area contributed by atoms with Crippen LogP contribution >= 0.6 is 0 Å². The standard InChI is InChI=1S/C36H40N6O7.C2HF3O2/c37-20-32(44)39-29(17-23-12-14-25(43)15-13-23)35(47)42-16-6-11-31(42)34(46)40-28(19-24-21-38-27-10-5-4-9-26(24)27)33(45)41-30(36(48)49)18-22-7-2-1-3-8-22;3-2(4,5)1(6)7/h1-5,7-10,12-15,21,28-31,38,43H,6,11,16-20,37H2,(H,39,44)(H,40,46)(H,41,45)(H,48,49);(H,6,7)/t28-,29+,30+,31+;/m0./s1. The molecule has 1 fully saturated rings. The molecule has 0 saturated carbocycles. The van der Waals surface area contributed by atoms with Crippen molar-refractivity contribution in [3.63, 3.8) is 0 Å². The molecule has 1 aliphatic heterocycles. The van der Waals surface area contributed by atoms with Gasteiger partial charge in [-0.25, -0.2) is 9.59 Å². The maximum Gasteiger partial charge on any atom is 0.490 e. The third-order valence-corrected chi connectivity index (χ3v) is 8.91. The van der Waals surface area contributed by atoms with E-state index in [0.29, 0.717) is 18.4 Å². The number of aromatic hydroxyl groups is 1. The number of carboxylic acid groups (broad SMARTS) is 2. The third kappa shape index (κ3) is 11.8. The molecule has 5 rings (SSSR count). The van der Waals surface area contributed by atoms with E-state index in [1.807, 2.05) is 30.3 Å². The maximum atomic E-state index is 13.9. The van der Waals surface area contributed by atoms with E-state index in [9.17, 15) is 47.4 Å². The normalized spacial score (nSPS) is 15.4. The van der Waals surface area contributed by atoms with E-state index in [1.165, 1.54) is 17.0 Å². The zero-order valence-corrected chi connectivity index (χ0v) is 29.8. The fraction of sp³-hybridized carbons (Fsp3) is 0.316. The summed E-state index contributed by atoms with van der Waals surface area (Å²) in [7, 11) is 0. The van der Waals surface area contributed by atoms with Gasteiger partial charge in [0, 0.05) is 42.9 Å². The van der Waals surface area contributed by atoms with Crippen molar-refractivity contribution in [3.8, 4) is 5.75 Å². The summed E-state index contributed by atoms with van der Waals surface area (Å²) in [6.07, 6.45) is -2.32. The number of aromatic nitrogens is 1. The minimum Gasteiger partial charge on any atom is -0.508 e. The molecule has 0 aliphatic carbocycles. The number of hydrogen-bond donors (Lipinski definition) is 8. The van der Waals surface area contributed by atoms with E-state index in [-0.39, 0.29) is 38.1 Å². The Kier molecular flexibility index (Phi) is 14.5. The SMILES string of the molecule is NCC(=O)N[C@H](Cc1ccc(O)cc1)C(=O)N1CCC[C@@H]1C(=O)N[C@@H](Cc1c[nH]c2ccccc12)C(=O)N[C@H](Cc1ccccc1)C(=O)O.O=C(O)C(F)(F)F. The molecule has 2 heterocycles. The number of phenols is 1. The molecule has 15 nitrogen and oxygen atoms in total. The van der Waals surface area contributed by atoms with Gasteiger partial charge in [-0.05, 0) is 47.7 Å². The minimum absolute atomic E-state index is 0.0392. The zero-order valence-electron chi connectivity index (χ0n) is 29.8. The zero-order chi connectivity index (χ0) is 41.0. The van der Waals surface area contributed by atoms with Gasteiger partial charge in [0.2, 0.25) is 23.6 Å². The van der Waals surface area contributed by atoms with Gasteiger partial charge in [-0.2, -0.15) is 13.2 Å². The first-order valence-electron chi connectivity index (χ1n) is 17.4. The molecule has 1 aliphatic rings. The van der Waals surface area contributed by atoms with Crippen LogP contribution in [0.4, 0.5) is 13.2 Å². The number of nitrogens with zero attached hydrogens (tertiary/aromatic N) is 1. The van der Waals surface area contributed by atoms with Crippen LogP contribution in [0.25, 0.3) is 10.9 Å². The molecule has 4 aromatic rings. The average molecular weight is 783 g/mol. The van der Waals surface area contributed by atoms with E-state index < -0.39 is 65.9 Å². The molecule has 9 N–H and O–H groups in total. The van der Waals surface area contributed by atoms with Crippen LogP contribution in [0.5, 0.6) is 5.75 Å². The van der Waals surface area contributed by atoms with Crippen LogP contribution in [0.3, 0.4) is 0 Å². The minimum atomic E-state index is -5.08. The number of hydrogen-bond acceptors (Lipinski definition) is 8. The smallest absolute Gasteiger partial charge is 0.490 e. The van der Waals surface area contributed by atoms with Crippen molar-refractivity contribution < 1.29 is 57.3 Å². The summed E-state index contributed by atoms with van der Waals surface area (Å²) in [4.78, 5) is 79.6. The predicted molar refractivity (Wildman–Crippen MR) is 195 cm³/mol. The highest BCUT2D eigenvalue weighted by Crippen LogP contribution is 2.23. The Labute approximate surface area is 318 Å². The second-order valence-corrected chi connectivity index (χ2v) is 12.9. The number of H-pyrrole nitrogens is 1. The van der Waals surface area contributed by atoms with Gasteiger partial charge in [0.1, 0.15) is 29.9 Å². The van der Waals surface area contributed by atoms with Crippen LogP contribution in [-0.4, -0.2) is 104 Å². The summed E-state index contributed by atoms with van der Waals surface area (Å²) in [5.41, 5.74) is 8.49. The Hall–Kier alpha value is -6.43. The van der Waals surface area contributed by atoms with Crippen LogP contribution in [0.1, 0.15) is 29.5 Å². The number of amides is 4. The number of benzene rings is 3. The molecule has 56 heavy (non-hydrogen) atoms. The lowest BCUT2D eigenvalue weighted by Crippen LogP contribution is -2.58. The molecular formula is C38H41F3N6O9. The van der Waals surface area contributed by atoms with Crippen molar-refractivity contribution in [1.29, 1.82) is 0 Å². The number of para-hydroxylation sites is 1. The number of rotatable bonds is 14. The number of alkyl halides is 3. The van der Waals surface area contributed by atoms with E-state index >= 15 is 0 Å². The molecular weight excluding hydrogens is 741 g/mol. The summed E-state index contributed by atoms with van der Waals surface area (Å²) in [6.45, 7) is -0.0888. The summed E-state index contributed by atoms with van der Waals surface area (Å²) in [5.74, 6) is -6.22. The topological polar surface area (TPSA) is 244 Å². The first-order chi connectivity index (χ1) is 26.6. The van der Waals surface area contributed by atoms with Crippen LogP contribution in [0, 0.1) is 0 Å². The lowest BCUT2D eigenvalue weighted by molar-refractivity contribution is -0.192. The summed E-state index contributed by atoms with van der Waals surface area (Å²) in [5, 5.41) is 35.7. The maximum absolute atomic E-state index is 13.9. The summed E-state index contributed by atoms with van der Waals surface area (Å²) < 4.78 is 31.7. The number of aliphatic carboxylic acids is 2. The number of nitrogens with two attached hydrogens (primary N) is 1. The Bertz CT molecular complexity index is 2010. The number of carbonyl (C=O) groups is 6. The lowest BCUT2D eigenvalue weighted by Gasteiger charge is -2.30. The number of likely N-dealkylation sites (tertiary alicyclic amines) is 1. The van der Waals surface area contributed by atoms with Gasteiger partial charge in [0.05, 0.1) is 6.54 Å². The Balaban J connectivity index is 0.000000908. The van der Waals surface area contributed by atoms with Crippen LogP contribution in [0.2, 0.25) is 0 Å². The second kappa shape index (κ2) is 19.2. The van der Waals surface area contributed by atoms with E-state index in [2.05, 4.69) is 20.9 Å². The van der Waals surface area contributed by atoms with Crippen molar-refractivity contribution >= 4 is 46.5 Å². The van der Waals surface area contributed by atoms with Crippen LogP contribution < -0.4 is 21.7 Å². The van der Waals surface area contributed by atoms with E-state index in [0.717, 1.165) is 22.0 Å². The van der Waals surface area contributed by atoms with Crippen molar-refractivity contribution in [3.05, 3.63) is 102 Å². The quantitative estimate of drug-likeness (QED) is 0.0925. The van der Waals surface area contributed by atoms with Gasteiger partial charge >= 0.3 is 18.1 Å². The highest BCUT2D eigenvalue weighted by molar-refractivity contribution is 5.96. The number of phenolic OH excluding ortho intramolecular Hbond substituents is 1. The number of fused-ring (bicyclic) bond motifs is 1. The molecule has 0 spiro atoms.